The lowest BCUT2D eigenvalue weighted by atomic mass is 10.0. The molecule has 0 rings (SSSR count). The smallest absolute Gasteiger partial charge is 0.306 e. The van der Waals surface area contributed by atoms with Gasteiger partial charge in [0.2, 0.25) is 0 Å². The number of unbranched alkanes of at least 4 members (excludes halogenated alkanes) is 34. The highest BCUT2D eigenvalue weighted by Crippen LogP contribution is 2.17. The van der Waals surface area contributed by atoms with Crippen LogP contribution >= 0.6 is 0 Å². The second kappa shape index (κ2) is 46.5. The molecule has 0 saturated heterocycles. The summed E-state index contributed by atoms with van der Waals surface area (Å²) < 4.78 is 16.7. The van der Waals surface area contributed by atoms with E-state index in [0.29, 0.717) is 19.3 Å². The second-order valence-corrected chi connectivity index (χ2v) is 18.3. The summed E-state index contributed by atoms with van der Waals surface area (Å²) in [5.74, 6) is -0.0196. The van der Waals surface area contributed by atoms with Gasteiger partial charge in [-0.25, -0.2) is 0 Å². The summed E-state index contributed by atoms with van der Waals surface area (Å²) in [7, 11) is 0. The van der Waals surface area contributed by atoms with Gasteiger partial charge in [-0.1, -0.05) is 252 Å². The van der Waals surface area contributed by atoms with Gasteiger partial charge in [0.05, 0.1) is 0 Å². The number of carbonyl (C=O) groups excluding carboxylic acids is 3. The van der Waals surface area contributed by atoms with Crippen LogP contribution in [0, 0.1) is 5.92 Å². The number of ether oxygens (including phenoxy) is 3. The fourth-order valence-corrected chi connectivity index (χ4v) is 7.86. The van der Waals surface area contributed by atoms with E-state index >= 15 is 0 Å². The van der Waals surface area contributed by atoms with Gasteiger partial charge < -0.3 is 14.2 Å². The SMILES string of the molecule is CCCCCCCCCCCCCCCCCCCCC(=O)OC[C@@H](COC(=O)CCCCCCCCC)OC(=O)CCCCCCCCCCCCCCC(C)C. The molecule has 58 heavy (non-hydrogen) atoms. The molecule has 0 saturated carbocycles. The predicted octanol–water partition coefficient (Wildman–Crippen LogP) is 16.7. The van der Waals surface area contributed by atoms with Crippen LogP contribution in [0.2, 0.25) is 0 Å². The summed E-state index contributed by atoms with van der Waals surface area (Å²) >= 11 is 0. The van der Waals surface area contributed by atoms with Crippen LogP contribution in [0.4, 0.5) is 0 Å². The maximum atomic E-state index is 12.7. The van der Waals surface area contributed by atoms with Gasteiger partial charge in [0, 0.05) is 19.3 Å². The van der Waals surface area contributed by atoms with Crippen molar-refractivity contribution in [2.24, 2.45) is 5.92 Å². The van der Waals surface area contributed by atoms with Crippen molar-refractivity contribution in [3.63, 3.8) is 0 Å². The van der Waals surface area contributed by atoms with Crippen molar-refractivity contribution >= 4 is 17.9 Å². The molecule has 0 aromatic carbocycles. The van der Waals surface area contributed by atoms with Crippen LogP contribution in [-0.4, -0.2) is 37.2 Å². The number of hydrogen-bond acceptors (Lipinski definition) is 6. The minimum absolute atomic E-state index is 0.0632. The lowest BCUT2D eigenvalue weighted by Gasteiger charge is -2.18. The molecule has 0 heterocycles. The molecule has 0 amide bonds. The van der Waals surface area contributed by atoms with E-state index in [9.17, 15) is 14.4 Å². The maximum Gasteiger partial charge on any atom is 0.306 e. The Morgan fingerprint density at radius 2 is 0.569 bits per heavy atom. The maximum absolute atomic E-state index is 12.7. The Morgan fingerprint density at radius 3 is 0.845 bits per heavy atom. The van der Waals surface area contributed by atoms with Crippen LogP contribution in [0.3, 0.4) is 0 Å². The molecule has 0 radical (unpaired) electrons. The van der Waals surface area contributed by atoms with Crippen molar-refractivity contribution in [3.05, 3.63) is 0 Å². The van der Waals surface area contributed by atoms with E-state index < -0.39 is 6.10 Å². The van der Waals surface area contributed by atoms with Crippen LogP contribution in [0.25, 0.3) is 0 Å². The molecule has 6 heteroatoms. The summed E-state index contributed by atoms with van der Waals surface area (Å²) in [4.78, 5) is 37.8. The quantitative estimate of drug-likeness (QED) is 0.0346. The Labute approximate surface area is 361 Å². The summed E-state index contributed by atoms with van der Waals surface area (Å²) in [5.41, 5.74) is 0. The first-order chi connectivity index (χ1) is 28.4. The summed E-state index contributed by atoms with van der Waals surface area (Å²) in [5, 5.41) is 0. The molecule has 344 valence electrons. The standard InChI is InChI=1S/C52H100O6/c1-5-7-9-11-13-14-15-16-17-18-19-20-21-25-28-32-36-40-44-51(54)57-47-49(46-56-50(53)43-39-35-30-12-10-8-6-2)58-52(55)45-41-37-33-29-26-23-22-24-27-31-34-38-42-48(3)4/h48-49H,5-47H2,1-4H3/t49-/m1/s1. The van der Waals surface area contributed by atoms with Crippen LogP contribution in [-0.2, 0) is 28.6 Å². The van der Waals surface area contributed by atoms with E-state index in [2.05, 4.69) is 27.7 Å². The minimum atomic E-state index is -0.759. The fraction of sp³-hybridized carbons (Fsp3) is 0.942. The summed E-state index contributed by atoms with van der Waals surface area (Å²) in [6, 6.07) is 0. The van der Waals surface area contributed by atoms with Gasteiger partial charge in [-0.2, -0.15) is 0 Å². The van der Waals surface area contributed by atoms with Crippen LogP contribution in [0.5, 0.6) is 0 Å². The highest BCUT2D eigenvalue weighted by molar-refractivity contribution is 5.71. The van der Waals surface area contributed by atoms with Gasteiger partial charge in [0.15, 0.2) is 6.10 Å². The van der Waals surface area contributed by atoms with E-state index in [1.165, 1.54) is 186 Å². The van der Waals surface area contributed by atoms with Crippen molar-refractivity contribution in [1.29, 1.82) is 0 Å². The van der Waals surface area contributed by atoms with Gasteiger partial charge in [0.1, 0.15) is 13.2 Å². The lowest BCUT2D eigenvalue weighted by molar-refractivity contribution is -0.167. The molecule has 0 aliphatic heterocycles. The first kappa shape index (κ1) is 56.4. The zero-order valence-corrected chi connectivity index (χ0v) is 39.5. The highest BCUT2D eigenvalue weighted by Gasteiger charge is 2.19. The average molecular weight is 821 g/mol. The van der Waals surface area contributed by atoms with Crippen LogP contribution in [0.15, 0.2) is 0 Å². The van der Waals surface area contributed by atoms with Gasteiger partial charge in [-0.05, 0) is 25.2 Å². The van der Waals surface area contributed by atoms with Gasteiger partial charge >= 0.3 is 17.9 Å². The molecule has 0 spiro atoms. The third-order valence-corrected chi connectivity index (χ3v) is 11.8. The van der Waals surface area contributed by atoms with Crippen molar-refractivity contribution in [2.75, 3.05) is 13.2 Å². The molecule has 0 fully saturated rings. The van der Waals surface area contributed by atoms with Crippen molar-refractivity contribution in [1.82, 2.24) is 0 Å². The monoisotopic (exact) mass is 821 g/mol. The number of hydrogen-bond donors (Lipinski definition) is 0. The van der Waals surface area contributed by atoms with Gasteiger partial charge in [-0.3, -0.25) is 14.4 Å². The molecule has 0 N–H and O–H groups in total. The second-order valence-electron chi connectivity index (χ2n) is 18.3. The summed E-state index contributed by atoms with van der Waals surface area (Å²) in [6.45, 7) is 8.99. The number of carbonyl (C=O) groups is 3. The Morgan fingerprint density at radius 1 is 0.328 bits per heavy atom. The average Bonchev–Trinajstić information content (AvgIpc) is 3.21. The molecular formula is C52H100O6. The molecule has 0 unspecified atom stereocenters. The Balaban J connectivity index is 4.18. The first-order valence-electron chi connectivity index (χ1n) is 25.9. The third kappa shape index (κ3) is 45.5. The molecule has 1 atom stereocenters. The third-order valence-electron chi connectivity index (χ3n) is 11.8. The largest absolute Gasteiger partial charge is 0.462 e. The lowest BCUT2D eigenvalue weighted by Crippen LogP contribution is -2.30. The van der Waals surface area contributed by atoms with E-state index in [0.717, 1.165) is 63.7 Å². The van der Waals surface area contributed by atoms with E-state index in [-0.39, 0.29) is 31.1 Å². The first-order valence-corrected chi connectivity index (χ1v) is 25.9. The van der Waals surface area contributed by atoms with Crippen LogP contribution in [0.1, 0.15) is 291 Å². The normalized spacial score (nSPS) is 11.9. The highest BCUT2D eigenvalue weighted by atomic mass is 16.6. The predicted molar refractivity (Wildman–Crippen MR) is 247 cm³/mol. The summed E-state index contributed by atoms with van der Waals surface area (Å²) in [6.07, 6.45) is 48.2. The Bertz CT molecular complexity index is 872. The number of esters is 3. The zero-order chi connectivity index (χ0) is 42.4. The van der Waals surface area contributed by atoms with Crippen LogP contribution < -0.4 is 0 Å². The Hall–Kier alpha value is -1.59. The number of rotatable bonds is 47. The molecule has 0 aromatic heterocycles. The molecule has 0 aliphatic rings. The minimum Gasteiger partial charge on any atom is -0.462 e. The molecule has 0 bridgehead atoms. The van der Waals surface area contributed by atoms with E-state index in [1.807, 2.05) is 0 Å². The van der Waals surface area contributed by atoms with Gasteiger partial charge in [-0.15, -0.1) is 0 Å². The van der Waals surface area contributed by atoms with Gasteiger partial charge in [0.25, 0.3) is 0 Å². The fourth-order valence-electron chi connectivity index (χ4n) is 7.86. The molecule has 0 aromatic rings. The molecule has 6 nitrogen and oxygen atoms in total. The van der Waals surface area contributed by atoms with E-state index in [1.54, 1.807) is 0 Å². The zero-order valence-electron chi connectivity index (χ0n) is 39.5. The van der Waals surface area contributed by atoms with Crippen molar-refractivity contribution in [3.8, 4) is 0 Å². The Kier molecular flexibility index (Phi) is 45.2. The van der Waals surface area contributed by atoms with Crippen molar-refractivity contribution in [2.45, 2.75) is 297 Å². The topological polar surface area (TPSA) is 78.9 Å². The van der Waals surface area contributed by atoms with E-state index in [4.69, 9.17) is 14.2 Å². The molecule has 0 aliphatic carbocycles. The van der Waals surface area contributed by atoms with Crippen molar-refractivity contribution < 1.29 is 28.6 Å². The molecular weight excluding hydrogens is 721 g/mol.